The molecular formula is C13H18N4O. The van der Waals surface area contributed by atoms with Crippen LogP contribution >= 0.6 is 0 Å². The first-order valence-corrected chi connectivity index (χ1v) is 5.87. The summed E-state index contributed by atoms with van der Waals surface area (Å²) in [7, 11) is 1.76. The van der Waals surface area contributed by atoms with Crippen molar-refractivity contribution in [2.75, 3.05) is 18.5 Å². The largest absolute Gasteiger partial charge is 0.345 e. The van der Waals surface area contributed by atoms with E-state index in [0.29, 0.717) is 6.54 Å². The summed E-state index contributed by atoms with van der Waals surface area (Å²) in [5.41, 5.74) is 7.71. The van der Waals surface area contributed by atoms with Gasteiger partial charge in [0.25, 0.3) is 0 Å². The van der Waals surface area contributed by atoms with Crippen molar-refractivity contribution in [1.29, 1.82) is 0 Å². The summed E-state index contributed by atoms with van der Waals surface area (Å²) in [6.45, 7) is 4.02. The monoisotopic (exact) mass is 246 g/mol. The summed E-state index contributed by atoms with van der Waals surface area (Å²) >= 11 is 0. The van der Waals surface area contributed by atoms with Crippen molar-refractivity contribution in [3.8, 4) is 0 Å². The molecule has 0 bridgehead atoms. The van der Waals surface area contributed by atoms with E-state index in [2.05, 4.69) is 9.97 Å². The first-order valence-electron chi connectivity index (χ1n) is 5.87. The van der Waals surface area contributed by atoms with Gasteiger partial charge in [0.2, 0.25) is 5.91 Å². The molecule has 0 atom stereocenters. The minimum atomic E-state index is -0.558. The van der Waals surface area contributed by atoms with Gasteiger partial charge >= 0.3 is 0 Å². The van der Waals surface area contributed by atoms with Gasteiger partial charge in [-0.25, -0.2) is 4.98 Å². The van der Waals surface area contributed by atoms with Crippen LogP contribution in [0.2, 0.25) is 0 Å². The molecule has 3 N–H and O–H groups in total. The predicted molar refractivity (Wildman–Crippen MR) is 72.3 cm³/mol. The summed E-state index contributed by atoms with van der Waals surface area (Å²) in [5, 5.41) is 0. The number of fused-ring (bicyclic) bond motifs is 1. The molecule has 0 saturated heterocycles. The van der Waals surface area contributed by atoms with Crippen LogP contribution in [-0.4, -0.2) is 29.5 Å². The number of nitrogens with two attached hydrogens (primary N) is 1. The molecule has 0 aliphatic heterocycles. The van der Waals surface area contributed by atoms with Gasteiger partial charge in [-0.1, -0.05) is 0 Å². The van der Waals surface area contributed by atoms with Gasteiger partial charge in [0.15, 0.2) is 0 Å². The van der Waals surface area contributed by atoms with Crippen LogP contribution in [0.25, 0.3) is 11.0 Å². The van der Waals surface area contributed by atoms with Gasteiger partial charge in [0.05, 0.1) is 22.8 Å². The van der Waals surface area contributed by atoms with Crippen LogP contribution in [0.4, 0.5) is 5.69 Å². The molecule has 0 saturated carbocycles. The van der Waals surface area contributed by atoms with E-state index in [9.17, 15) is 4.79 Å². The number of hydrogen-bond donors (Lipinski definition) is 2. The van der Waals surface area contributed by atoms with Crippen LogP contribution in [0.3, 0.4) is 0 Å². The van der Waals surface area contributed by atoms with Crippen molar-refractivity contribution < 1.29 is 4.79 Å². The summed E-state index contributed by atoms with van der Waals surface area (Å²) in [5.74, 6) is 0.00358. The van der Waals surface area contributed by atoms with Crippen LogP contribution in [0.5, 0.6) is 0 Å². The van der Waals surface area contributed by atoms with E-state index in [1.165, 1.54) is 0 Å². The highest BCUT2D eigenvalue weighted by molar-refractivity contribution is 5.98. The number of amides is 1. The van der Waals surface area contributed by atoms with Crippen molar-refractivity contribution in [2.24, 2.45) is 11.1 Å². The van der Waals surface area contributed by atoms with E-state index < -0.39 is 5.41 Å². The van der Waals surface area contributed by atoms with Crippen LogP contribution in [0.15, 0.2) is 24.5 Å². The van der Waals surface area contributed by atoms with E-state index in [1.54, 1.807) is 18.3 Å². The number of hydrogen-bond acceptors (Lipinski definition) is 3. The lowest BCUT2D eigenvalue weighted by Crippen LogP contribution is -2.42. The van der Waals surface area contributed by atoms with Crippen molar-refractivity contribution in [3.63, 3.8) is 0 Å². The molecule has 0 spiro atoms. The van der Waals surface area contributed by atoms with Crippen LogP contribution in [0, 0.1) is 5.41 Å². The first-order chi connectivity index (χ1) is 8.45. The molecule has 0 aliphatic carbocycles. The smallest absolute Gasteiger partial charge is 0.233 e. The number of carbonyl (C=O) groups excluding carboxylic acids is 1. The van der Waals surface area contributed by atoms with Crippen molar-refractivity contribution in [2.45, 2.75) is 13.8 Å². The second-order valence-electron chi connectivity index (χ2n) is 5.06. The zero-order chi connectivity index (χ0) is 13.3. The van der Waals surface area contributed by atoms with Gasteiger partial charge < -0.3 is 15.6 Å². The van der Waals surface area contributed by atoms with Gasteiger partial charge in [0, 0.05) is 19.3 Å². The SMILES string of the molecule is CN(C(=O)C(C)(C)CN)c1ccc2nc[nH]c2c1. The number of anilines is 1. The highest BCUT2D eigenvalue weighted by atomic mass is 16.2. The molecule has 5 nitrogen and oxygen atoms in total. The van der Waals surface area contributed by atoms with E-state index in [1.807, 2.05) is 32.0 Å². The average Bonchev–Trinajstić information content (AvgIpc) is 2.84. The topological polar surface area (TPSA) is 75.0 Å². The van der Waals surface area contributed by atoms with Gasteiger partial charge in [-0.15, -0.1) is 0 Å². The Morgan fingerprint density at radius 3 is 2.89 bits per heavy atom. The second kappa shape index (κ2) is 4.42. The third-order valence-electron chi connectivity index (χ3n) is 3.19. The molecular weight excluding hydrogens is 228 g/mol. The molecule has 96 valence electrons. The van der Waals surface area contributed by atoms with Gasteiger partial charge in [-0.3, -0.25) is 4.79 Å². The maximum atomic E-state index is 12.3. The van der Waals surface area contributed by atoms with Gasteiger partial charge in [-0.05, 0) is 32.0 Å². The molecule has 1 heterocycles. The number of nitrogens with zero attached hydrogens (tertiary/aromatic N) is 2. The van der Waals surface area contributed by atoms with E-state index in [0.717, 1.165) is 16.7 Å². The van der Waals surface area contributed by atoms with Gasteiger partial charge in [-0.2, -0.15) is 0 Å². The van der Waals surface area contributed by atoms with E-state index in [-0.39, 0.29) is 5.91 Å². The summed E-state index contributed by atoms with van der Waals surface area (Å²) in [6, 6.07) is 5.68. The minimum absolute atomic E-state index is 0.00358. The fourth-order valence-electron chi connectivity index (χ4n) is 1.79. The predicted octanol–water partition coefficient (Wildman–Crippen LogP) is 1.51. The number of rotatable bonds is 3. The molecule has 1 aromatic heterocycles. The molecule has 2 aromatic rings. The maximum absolute atomic E-state index is 12.3. The summed E-state index contributed by atoms with van der Waals surface area (Å²) < 4.78 is 0. The number of H-pyrrole nitrogens is 1. The molecule has 2 rings (SSSR count). The summed E-state index contributed by atoms with van der Waals surface area (Å²) in [4.78, 5) is 21.1. The Kier molecular flexibility index (Phi) is 3.09. The number of aromatic amines is 1. The second-order valence-corrected chi connectivity index (χ2v) is 5.06. The third-order valence-corrected chi connectivity index (χ3v) is 3.19. The molecule has 1 amide bonds. The Balaban J connectivity index is 2.33. The van der Waals surface area contributed by atoms with Crippen LogP contribution in [0.1, 0.15) is 13.8 Å². The van der Waals surface area contributed by atoms with E-state index >= 15 is 0 Å². The molecule has 0 radical (unpaired) electrons. The molecule has 18 heavy (non-hydrogen) atoms. The number of benzene rings is 1. The number of nitrogens with one attached hydrogen (secondary N) is 1. The Bertz CT molecular complexity index is 573. The average molecular weight is 246 g/mol. The fourth-order valence-corrected chi connectivity index (χ4v) is 1.79. The number of imidazole rings is 1. The Hall–Kier alpha value is -1.88. The number of aromatic nitrogens is 2. The normalized spacial score (nSPS) is 11.8. The van der Waals surface area contributed by atoms with E-state index in [4.69, 9.17) is 5.73 Å². The first kappa shape index (κ1) is 12.6. The van der Waals surface area contributed by atoms with Gasteiger partial charge in [0.1, 0.15) is 0 Å². The maximum Gasteiger partial charge on any atom is 0.233 e. The molecule has 5 heteroatoms. The lowest BCUT2D eigenvalue weighted by molar-refractivity contribution is -0.125. The Labute approximate surface area is 106 Å². The Morgan fingerprint density at radius 1 is 1.50 bits per heavy atom. The minimum Gasteiger partial charge on any atom is -0.345 e. The molecule has 0 fully saturated rings. The van der Waals surface area contributed by atoms with Crippen LogP contribution < -0.4 is 10.6 Å². The quantitative estimate of drug-likeness (QED) is 0.862. The molecule has 0 unspecified atom stereocenters. The Morgan fingerprint density at radius 2 is 2.22 bits per heavy atom. The fraction of sp³-hybridized carbons (Fsp3) is 0.385. The standard InChI is InChI=1S/C13H18N4O/c1-13(2,7-14)12(18)17(3)9-4-5-10-11(6-9)16-8-15-10/h4-6,8H,7,14H2,1-3H3,(H,15,16). The van der Waals surface area contributed by atoms with Crippen molar-refractivity contribution in [3.05, 3.63) is 24.5 Å². The number of carbonyl (C=O) groups is 1. The molecule has 0 aliphatic rings. The highest BCUT2D eigenvalue weighted by Gasteiger charge is 2.29. The highest BCUT2D eigenvalue weighted by Crippen LogP contribution is 2.24. The summed E-state index contributed by atoms with van der Waals surface area (Å²) in [6.07, 6.45) is 1.64. The third kappa shape index (κ3) is 2.09. The van der Waals surface area contributed by atoms with Crippen molar-refractivity contribution in [1.82, 2.24) is 9.97 Å². The van der Waals surface area contributed by atoms with Crippen LogP contribution in [-0.2, 0) is 4.79 Å². The van der Waals surface area contributed by atoms with Crippen molar-refractivity contribution >= 4 is 22.6 Å². The zero-order valence-corrected chi connectivity index (χ0v) is 10.9. The zero-order valence-electron chi connectivity index (χ0n) is 10.9. The lowest BCUT2D eigenvalue weighted by Gasteiger charge is -2.28. The molecule has 1 aromatic carbocycles. The lowest BCUT2D eigenvalue weighted by atomic mass is 9.92.